The summed E-state index contributed by atoms with van der Waals surface area (Å²) in [5.74, 6) is -0.993. The molecular formula is C16H15N3O2. The molecule has 106 valence electrons. The summed E-state index contributed by atoms with van der Waals surface area (Å²) in [4.78, 5) is 18.2. The SMILES string of the molecule is N[C@@H](Cc1c[nH]c2ccc(-c3cccnc3)cc12)C(=O)O. The molecule has 3 aromatic rings. The number of aliphatic carboxylic acids is 1. The van der Waals surface area contributed by atoms with E-state index >= 15 is 0 Å². The number of carboxylic acids is 1. The fourth-order valence-electron chi connectivity index (χ4n) is 2.38. The van der Waals surface area contributed by atoms with Gasteiger partial charge >= 0.3 is 5.97 Å². The number of benzene rings is 1. The van der Waals surface area contributed by atoms with Crippen molar-refractivity contribution in [3.05, 3.63) is 54.5 Å². The van der Waals surface area contributed by atoms with Crippen molar-refractivity contribution in [1.82, 2.24) is 9.97 Å². The molecule has 5 nitrogen and oxygen atoms in total. The first kappa shape index (κ1) is 13.3. The quantitative estimate of drug-likeness (QED) is 0.683. The molecule has 3 rings (SSSR count). The molecule has 0 fully saturated rings. The Hall–Kier alpha value is -2.66. The number of fused-ring (bicyclic) bond motifs is 1. The Labute approximate surface area is 121 Å². The minimum Gasteiger partial charge on any atom is -0.480 e. The van der Waals surface area contributed by atoms with Gasteiger partial charge in [0.05, 0.1) is 0 Å². The number of nitrogens with zero attached hydrogens (tertiary/aromatic N) is 1. The van der Waals surface area contributed by atoms with Gasteiger partial charge in [0.15, 0.2) is 0 Å². The van der Waals surface area contributed by atoms with Crippen LogP contribution in [0.4, 0.5) is 0 Å². The van der Waals surface area contributed by atoms with E-state index in [4.69, 9.17) is 10.8 Å². The molecule has 1 atom stereocenters. The number of hydrogen-bond donors (Lipinski definition) is 3. The van der Waals surface area contributed by atoms with E-state index in [2.05, 4.69) is 9.97 Å². The van der Waals surface area contributed by atoms with Crippen LogP contribution in [0.15, 0.2) is 48.9 Å². The minimum absolute atomic E-state index is 0.297. The monoisotopic (exact) mass is 281 g/mol. The zero-order valence-corrected chi connectivity index (χ0v) is 11.3. The van der Waals surface area contributed by atoms with Crippen molar-refractivity contribution in [2.24, 2.45) is 5.73 Å². The molecule has 4 N–H and O–H groups in total. The van der Waals surface area contributed by atoms with Crippen LogP contribution >= 0.6 is 0 Å². The number of H-pyrrole nitrogens is 1. The Morgan fingerprint density at radius 2 is 2.19 bits per heavy atom. The number of hydrogen-bond acceptors (Lipinski definition) is 3. The van der Waals surface area contributed by atoms with E-state index in [1.54, 1.807) is 12.4 Å². The molecule has 2 heterocycles. The number of carboxylic acid groups (broad SMARTS) is 1. The molecule has 0 aliphatic heterocycles. The Kier molecular flexibility index (Phi) is 3.41. The third kappa shape index (κ3) is 2.64. The Balaban J connectivity index is 2.02. The van der Waals surface area contributed by atoms with Crippen LogP contribution in [0.5, 0.6) is 0 Å². The average molecular weight is 281 g/mol. The number of aromatic nitrogens is 2. The largest absolute Gasteiger partial charge is 0.480 e. The summed E-state index contributed by atoms with van der Waals surface area (Å²) in [7, 11) is 0. The van der Waals surface area contributed by atoms with E-state index in [9.17, 15) is 4.79 Å². The normalized spacial score (nSPS) is 12.4. The molecule has 0 amide bonds. The minimum atomic E-state index is -0.993. The second-order valence-corrected chi connectivity index (χ2v) is 4.96. The molecule has 1 aromatic carbocycles. The molecule has 0 aliphatic carbocycles. The fourth-order valence-corrected chi connectivity index (χ4v) is 2.38. The second kappa shape index (κ2) is 5.38. The molecule has 0 radical (unpaired) electrons. The highest BCUT2D eigenvalue weighted by molar-refractivity contribution is 5.88. The van der Waals surface area contributed by atoms with Crippen LogP contribution in [0, 0.1) is 0 Å². The van der Waals surface area contributed by atoms with Crippen LogP contribution in [0.3, 0.4) is 0 Å². The summed E-state index contributed by atoms with van der Waals surface area (Å²) in [6, 6.07) is 9.00. The molecule has 21 heavy (non-hydrogen) atoms. The van der Waals surface area contributed by atoms with Crippen LogP contribution in [0.2, 0.25) is 0 Å². The highest BCUT2D eigenvalue weighted by Crippen LogP contribution is 2.26. The standard InChI is InChI=1S/C16H15N3O2/c17-14(16(20)21)7-12-9-19-15-4-3-10(6-13(12)15)11-2-1-5-18-8-11/h1-6,8-9,14,19H,7,17H2,(H,20,21)/t14-/m0/s1. The zero-order chi connectivity index (χ0) is 14.8. The molecule has 5 heteroatoms. The molecule has 0 saturated carbocycles. The predicted molar refractivity (Wildman–Crippen MR) is 80.8 cm³/mol. The summed E-state index contributed by atoms with van der Waals surface area (Å²) in [6.45, 7) is 0. The second-order valence-electron chi connectivity index (χ2n) is 4.96. The highest BCUT2D eigenvalue weighted by Gasteiger charge is 2.15. The van der Waals surface area contributed by atoms with Gasteiger partial charge in [0.2, 0.25) is 0 Å². The van der Waals surface area contributed by atoms with Gasteiger partial charge in [-0.2, -0.15) is 0 Å². The molecule has 0 aliphatic rings. The smallest absolute Gasteiger partial charge is 0.320 e. The van der Waals surface area contributed by atoms with Crippen molar-refractivity contribution >= 4 is 16.9 Å². The van der Waals surface area contributed by atoms with Crippen LogP contribution in [-0.2, 0) is 11.2 Å². The summed E-state index contributed by atoms with van der Waals surface area (Å²) in [5, 5.41) is 9.94. The molecular weight excluding hydrogens is 266 g/mol. The van der Waals surface area contributed by atoms with Crippen LogP contribution in [0.1, 0.15) is 5.56 Å². The predicted octanol–water partition coefficient (Wildman–Crippen LogP) is 2.18. The van der Waals surface area contributed by atoms with Crippen LogP contribution < -0.4 is 5.73 Å². The first-order chi connectivity index (χ1) is 10.1. The van der Waals surface area contributed by atoms with Gasteiger partial charge in [-0.05, 0) is 29.3 Å². The maximum absolute atomic E-state index is 10.9. The average Bonchev–Trinajstić information content (AvgIpc) is 2.90. The van der Waals surface area contributed by atoms with E-state index in [1.165, 1.54) is 0 Å². The topological polar surface area (TPSA) is 92.0 Å². The van der Waals surface area contributed by atoms with E-state index in [-0.39, 0.29) is 0 Å². The van der Waals surface area contributed by atoms with E-state index in [1.807, 2.05) is 36.5 Å². The first-order valence-corrected chi connectivity index (χ1v) is 6.64. The maximum Gasteiger partial charge on any atom is 0.320 e. The van der Waals surface area contributed by atoms with Crippen LogP contribution in [0.25, 0.3) is 22.0 Å². The maximum atomic E-state index is 10.9. The Morgan fingerprint density at radius 1 is 1.33 bits per heavy atom. The van der Waals surface area contributed by atoms with Gasteiger partial charge in [-0.1, -0.05) is 12.1 Å². The summed E-state index contributed by atoms with van der Waals surface area (Å²) in [5.41, 5.74) is 9.56. The van der Waals surface area contributed by atoms with Crippen molar-refractivity contribution in [2.75, 3.05) is 0 Å². The van der Waals surface area contributed by atoms with Crippen molar-refractivity contribution in [2.45, 2.75) is 12.5 Å². The van der Waals surface area contributed by atoms with Crippen molar-refractivity contribution in [3.8, 4) is 11.1 Å². The van der Waals surface area contributed by atoms with Crippen molar-refractivity contribution < 1.29 is 9.90 Å². The van der Waals surface area contributed by atoms with Gasteiger partial charge in [0.25, 0.3) is 0 Å². The van der Waals surface area contributed by atoms with E-state index in [0.29, 0.717) is 6.42 Å². The van der Waals surface area contributed by atoms with E-state index < -0.39 is 12.0 Å². The number of rotatable bonds is 4. The molecule has 2 aromatic heterocycles. The van der Waals surface area contributed by atoms with Crippen molar-refractivity contribution in [1.29, 1.82) is 0 Å². The van der Waals surface area contributed by atoms with Gasteiger partial charge in [-0.15, -0.1) is 0 Å². The lowest BCUT2D eigenvalue weighted by atomic mass is 10.0. The summed E-state index contributed by atoms with van der Waals surface area (Å²) in [6.07, 6.45) is 5.65. The molecule has 0 spiro atoms. The van der Waals surface area contributed by atoms with Gasteiger partial charge in [0, 0.05) is 41.5 Å². The fraction of sp³-hybridized carbons (Fsp3) is 0.125. The number of nitrogens with one attached hydrogen (secondary N) is 1. The lowest BCUT2D eigenvalue weighted by Crippen LogP contribution is -2.32. The van der Waals surface area contributed by atoms with Gasteiger partial charge < -0.3 is 15.8 Å². The zero-order valence-electron chi connectivity index (χ0n) is 11.3. The third-order valence-electron chi connectivity index (χ3n) is 3.52. The number of nitrogens with two attached hydrogens (primary N) is 1. The number of carbonyl (C=O) groups is 1. The number of aromatic amines is 1. The van der Waals surface area contributed by atoms with Gasteiger partial charge in [-0.25, -0.2) is 0 Å². The van der Waals surface area contributed by atoms with Gasteiger partial charge in [-0.3, -0.25) is 9.78 Å². The van der Waals surface area contributed by atoms with Crippen LogP contribution in [-0.4, -0.2) is 27.1 Å². The number of pyridine rings is 1. The lowest BCUT2D eigenvalue weighted by Gasteiger charge is -2.06. The van der Waals surface area contributed by atoms with E-state index in [0.717, 1.165) is 27.6 Å². The molecule has 0 unspecified atom stereocenters. The summed E-state index contributed by atoms with van der Waals surface area (Å²) >= 11 is 0. The highest BCUT2D eigenvalue weighted by atomic mass is 16.4. The Morgan fingerprint density at radius 3 is 2.90 bits per heavy atom. The molecule has 0 saturated heterocycles. The molecule has 0 bridgehead atoms. The van der Waals surface area contributed by atoms with Crippen molar-refractivity contribution in [3.63, 3.8) is 0 Å². The third-order valence-corrected chi connectivity index (χ3v) is 3.52. The lowest BCUT2D eigenvalue weighted by molar-refractivity contribution is -0.138. The Bertz CT molecular complexity index is 781. The summed E-state index contributed by atoms with van der Waals surface area (Å²) < 4.78 is 0. The van der Waals surface area contributed by atoms with Gasteiger partial charge in [0.1, 0.15) is 6.04 Å². The first-order valence-electron chi connectivity index (χ1n) is 6.64.